The Morgan fingerprint density at radius 3 is 2.80 bits per heavy atom. The van der Waals surface area contributed by atoms with E-state index in [2.05, 4.69) is 10.2 Å². The molecule has 1 saturated carbocycles. The molecule has 86 valence electrons. The molecule has 3 nitrogen and oxygen atoms in total. The molecule has 2 aliphatic heterocycles. The fourth-order valence-electron chi connectivity index (χ4n) is 3.69. The van der Waals surface area contributed by atoms with E-state index in [0.717, 1.165) is 44.2 Å². The summed E-state index contributed by atoms with van der Waals surface area (Å²) in [6, 6.07) is 0.850. The van der Waals surface area contributed by atoms with Crippen molar-refractivity contribution in [1.82, 2.24) is 10.2 Å². The van der Waals surface area contributed by atoms with Crippen LogP contribution >= 0.6 is 0 Å². The first kappa shape index (κ1) is 10.1. The lowest BCUT2D eigenvalue weighted by Gasteiger charge is -2.42. The predicted octanol–water partition coefficient (Wildman–Crippen LogP) is 0.707. The van der Waals surface area contributed by atoms with E-state index in [1.54, 1.807) is 0 Å². The van der Waals surface area contributed by atoms with Crippen molar-refractivity contribution in [1.29, 1.82) is 0 Å². The Hall–Kier alpha value is -0.120. The summed E-state index contributed by atoms with van der Waals surface area (Å²) in [6.45, 7) is 6.74. The van der Waals surface area contributed by atoms with Crippen LogP contribution in [0, 0.1) is 11.8 Å². The molecule has 0 unspecified atom stereocenters. The van der Waals surface area contributed by atoms with Crippen molar-refractivity contribution >= 4 is 0 Å². The van der Waals surface area contributed by atoms with Crippen LogP contribution in [-0.2, 0) is 4.74 Å². The first-order chi connectivity index (χ1) is 7.45. The van der Waals surface area contributed by atoms with Crippen molar-refractivity contribution in [2.75, 3.05) is 39.4 Å². The van der Waals surface area contributed by atoms with Gasteiger partial charge in [0.05, 0.1) is 13.2 Å². The minimum Gasteiger partial charge on any atom is -0.379 e. The van der Waals surface area contributed by atoms with E-state index >= 15 is 0 Å². The molecular formula is C12H22N2O. The predicted molar refractivity (Wildman–Crippen MR) is 59.9 cm³/mol. The molecule has 15 heavy (non-hydrogen) atoms. The van der Waals surface area contributed by atoms with Crippen molar-refractivity contribution in [2.45, 2.75) is 25.3 Å². The molecule has 1 aliphatic carbocycles. The van der Waals surface area contributed by atoms with Crippen LogP contribution in [-0.4, -0.2) is 50.3 Å². The molecule has 2 heterocycles. The third-order valence-corrected chi connectivity index (χ3v) is 4.48. The molecule has 0 spiro atoms. The first-order valence-electron chi connectivity index (χ1n) is 6.47. The van der Waals surface area contributed by atoms with Crippen molar-refractivity contribution in [3.8, 4) is 0 Å². The van der Waals surface area contributed by atoms with E-state index in [1.165, 1.54) is 32.4 Å². The van der Waals surface area contributed by atoms with Gasteiger partial charge in [-0.05, 0) is 37.8 Å². The summed E-state index contributed by atoms with van der Waals surface area (Å²) in [7, 11) is 0. The van der Waals surface area contributed by atoms with Crippen LogP contribution in [0.3, 0.4) is 0 Å². The topological polar surface area (TPSA) is 24.5 Å². The third-order valence-electron chi connectivity index (χ3n) is 4.48. The quantitative estimate of drug-likeness (QED) is 0.690. The largest absolute Gasteiger partial charge is 0.379 e. The van der Waals surface area contributed by atoms with Crippen molar-refractivity contribution in [3.05, 3.63) is 0 Å². The van der Waals surface area contributed by atoms with Crippen molar-refractivity contribution in [3.63, 3.8) is 0 Å². The van der Waals surface area contributed by atoms with Crippen molar-refractivity contribution < 1.29 is 4.74 Å². The van der Waals surface area contributed by atoms with Gasteiger partial charge in [0.1, 0.15) is 0 Å². The van der Waals surface area contributed by atoms with Gasteiger partial charge < -0.3 is 10.1 Å². The van der Waals surface area contributed by atoms with Gasteiger partial charge in [0.2, 0.25) is 0 Å². The number of rotatable bonds is 1. The number of fused-ring (bicyclic) bond motifs is 1. The summed E-state index contributed by atoms with van der Waals surface area (Å²) >= 11 is 0. The zero-order valence-electron chi connectivity index (χ0n) is 9.45. The molecule has 0 radical (unpaired) electrons. The maximum Gasteiger partial charge on any atom is 0.0594 e. The highest BCUT2D eigenvalue weighted by atomic mass is 16.5. The van der Waals surface area contributed by atoms with E-state index in [4.69, 9.17) is 4.74 Å². The van der Waals surface area contributed by atoms with E-state index in [9.17, 15) is 0 Å². The van der Waals surface area contributed by atoms with Gasteiger partial charge in [0.25, 0.3) is 0 Å². The summed E-state index contributed by atoms with van der Waals surface area (Å²) < 4.78 is 5.44. The molecule has 0 aromatic carbocycles. The van der Waals surface area contributed by atoms with Gasteiger partial charge in [-0.3, -0.25) is 4.90 Å². The van der Waals surface area contributed by atoms with Crippen LogP contribution in [0.15, 0.2) is 0 Å². The molecule has 0 amide bonds. The maximum atomic E-state index is 5.44. The van der Waals surface area contributed by atoms with E-state index in [1.807, 2.05) is 0 Å². The molecule has 0 aromatic rings. The van der Waals surface area contributed by atoms with Crippen LogP contribution in [0.25, 0.3) is 0 Å². The number of nitrogens with zero attached hydrogens (tertiary/aromatic N) is 1. The Labute approximate surface area is 92.2 Å². The zero-order valence-corrected chi connectivity index (χ0v) is 9.45. The minimum atomic E-state index is 0.850. The number of ether oxygens (including phenoxy) is 1. The van der Waals surface area contributed by atoms with Gasteiger partial charge in [-0.15, -0.1) is 0 Å². The van der Waals surface area contributed by atoms with Gasteiger partial charge in [-0.2, -0.15) is 0 Å². The molecule has 3 rings (SSSR count). The summed E-state index contributed by atoms with van der Waals surface area (Å²) in [6.07, 6.45) is 4.31. The number of hydrogen-bond acceptors (Lipinski definition) is 3. The molecule has 3 fully saturated rings. The first-order valence-corrected chi connectivity index (χ1v) is 6.47. The van der Waals surface area contributed by atoms with Gasteiger partial charge in [0, 0.05) is 19.1 Å². The number of nitrogens with one attached hydrogen (secondary N) is 1. The second kappa shape index (κ2) is 4.40. The Balaban J connectivity index is 1.67. The molecule has 3 aliphatic rings. The second-order valence-corrected chi connectivity index (χ2v) is 5.23. The van der Waals surface area contributed by atoms with Gasteiger partial charge in [-0.25, -0.2) is 0 Å². The minimum absolute atomic E-state index is 0.850. The normalized spacial score (nSPS) is 42.8. The maximum absolute atomic E-state index is 5.44. The van der Waals surface area contributed by atoms with Crippen molar-refractivity contribution in [2.24, 2.45) is 11.8 Å². The van der Waals surface area contributed by atoms with Crippen LogP contribution in [0.5, 0.6) is 0 Å². The Morgan fingerprint density at radius 2 is 1.93 bits per heavy atom. The van der Waals surface area contributed by atoms with Gasteiger partial charge in [0.15, 0.2) is 0 Å². The van der Waals surface area contributed by atoms with E-state index in [-0.39, 0.29) is 0 Å². The zero-order chi connectivity index (χ0) is 10.1. The molecule has 2 saturated heterocycles. The lowest BCUT2D eigenvalue weighted by Crippen LogP contribution is -2.50. The van der Waals surface area contributed by atoms with E-state index < -0.39 is 0 Å². The molecular weight excluding hydrogens is 188 g/mol. The molecule has 1 N–H and O–H groups in total. The van der Waals surface area contributed by atoms with Crippen LogP contribution in [0.4, 0.5) is 0 Å². The van der Waals surface area contributed by atoms with Crippen LogP contribution in [0.2, 0.25) is 0 Å². The lowest BCUT2D eigenvalue weighted by molar-refractivity contribution is -0.0111. The van der Waals surface area contributed by atoms with Gasteiger partial charge in [-0.1, -0.05) is 6.42 Å². The lowest BCUT2D eigenvalue weighted by atomic mass is 9.77. The fourth-order valence-corrected chi connectivity index (χ4v) is 3.69. The SMILES string of the molecule is C1C[C@@H]2CNC[C@H]2[C@H](N2CCOCC2)C1. The highest BCUT2D eigenvalue weighted by molar-refractivity contribution is 4.94. The Morgan fingerprint density at radius 1 is 1.07 bits per heavy atom. The Kier molecular flexibility index (Phi) is 2.95. The summed E-state index contributed by atoms with van der Waals surface area (Å²) in [5.41, 5.74) is 0. The summed E-state index contributed by atoms with van der Waals surface area (Å²) in [5.74, 6) is 1.89. The van der Waals surface area contributed by atoms with E-state index in [0.29, 0.717) is 0 Å². The highest BCUT2D eigenvalue weighted by Crippen LogP contribution is 2.35. The van der Waals surface area contributed by atoms with Gasteiger partial charge >= 0.3 is 0 Å². The fraction of sp³-hybridized carbons (Fsp3) is 1.00. The highest BCUT2D eigenvalue weighted by Gasteiger charge is 2.39. The average Bonchev–Trinajstić information content (AvgIpc) is 2.78. The molecule has 0 aromatic heterocycles. The molecule has 0 bridgehead atoms. The molecule has 3 atom stereocenters. The Bertz CT molecular complexity index is 216. The smallest absolute Gasteiger partial charge is 0.0594 e. The number of morpholine rings is 1. The number of hydrogen-bond donors (Lipinski definition) is 1. The van der Waals surface area contributed by atoms with Crippen LogP contribution in [0.1, 0.15) is 19.3 Å². The average molecular weight is 210 g/mol. The second-order valence-electron chi connectivity index (χ2n) is 5.23. The standard InChI is InChI=1S/C12H22N2O/c1-2-10-8-13-9-11(10)12(3-1)14-4-6-15-7-5-14/h10-13H,1-9H2/t10-,11-,12-/m1/s1. The summed E-state index contributed by atoms with van der Waals surface area (Å²) in [5, 5.41) is 3.58. The van der Waals surface area contributed by atoms with Crippen LogP contribution < -0.4 is 5.32 Å². The third kappa shape index (κ3) is 1.93. The monoisotopic (exact) mass is 210 g/mol. The molecule has 3 heteroatoms. The summed E-state index contributed by atoms with van der Waals surface area (Å²) in [4.78, 5) is 2.69.